The SMILES string of the molecule is CC(F)(F)CCc1ccc(C2COC(=O)N2c2ccc3[nH]cnc3c2)c(F)c1. The molecular weight excluding hydrogens is 371 g/mol. The summed E-state index contributed by atoms with van der Waals surface area (Å²) in [6.07, 6.45) is 0.688. The first-order chi connectivity index (χ1) is 13.3. The van der Waals surface area contributed by atoms with Crippen LogP contribution in [0.25, 0.3) is 11.0 Å². The number of rotatable bonds is 5. The van der Waals surface area contributed by atoms with Crippen molar-refractivity contribution in [2.24, 2.45) is 0 Å². The van der Waals surface area contributed by atoms with Crippen molar-refractivity contribution >= 4 is 22.8 Å². The van der Waals surface area contributed by atoms with Gasteiger partial charge in [0.25, 0.3) is 0 Å². The van der Waals surface area contributed by atoms with Crippen molar-refractivity contribution in [3.05, 3.63) is 59.7 Å². The molecule has 4 rings (SSSR count). The number of aromatic amines is 1. The first-order valence-electron chi connectivity index (χ1n) is 8.87. The molecule has 0 radical (unpaired) electrons. The minimum absolute atomic E-state index is 0.000728. The Hall–Kier alpha value is -3.03. The smallest absolute Gasteiger partial charge is 0.415 e. The van der Waals surface area contributed by atoms with E-state index in [-0.39, 0.29) is 25.0 Å². The van der Waals surface area contributed by atoms with Crippen LogP contribution in [-0.2, 0) is 11.2 Å². The largest absolute Gasteiger partial charge is 0.447 e. The molecule has 0 saturated carbocycles. The molecule has 2 heterocycles. The second-order valence-electron chi connectivity index (χ2n) is 6.99. The number of halogens is 3. The third-order valence-corrected chi connectivity index (χ3v) is 4.83. The number of nitrogens with zero attached hydrogens (tertiary/aromatic N) is 2. The number of alkyl halides is 2. The Morgan fingerprint density at radius 1 is 1.29 bits per heavy atom. The minimum Gasteiger partial charge on any atom is -0.447 e. The fourth-order valence-electron chi connectivity index (χ4n) is 3.37. The number of carbonyl (C=O) groups excluding carboxylic acids is 1. The number of carbonyl (C=O) groups is 1. The van der Waals surface area contributed by atoms with Gasteiger partial charge < -0.3 is 9.72 Å². The van der Waals surface area contributed by atoms with Gasteiger partial charge in [0.2, 0.25) is 5.92 Å². The molecule has 1 aliphatic heterocycles. The van der Waals surface area contributed by atoms with Crippen LogP contribution >= 0.6 is 0 Å². The fourth-order valence-corrected chi connectivity index (χ4v) is 3.37. The van der Waals surface area contributed by atoms with Crippen LogP contribution in [0.5, 0.6) is 0 Å². The third-order valence-electron chi connectivity index (χ3n) is 4.83. The van der Waals surface area contributed by atoms with E-state index in [2.05, 4.69) is 9.97 Å². The molecule has 1 aromatic heterocycles. The van der Waals surface area contributed by atoms with Gasteiger partial charge in [-0.05, 0) is 43.2 Å². The zero-order valence-corrected chi connectivity index (χ0v) is 15.1. The summed E-state index contributed by atoms with van der Waals surface area (Å²) in [6.45, 7) is 0.841. The van der Waals surface area contributed by atoms with Gasteiger partial charge in [0.1, 0.15) is 18.5 Å². The van der Waals surface area contributed by atoms with Gasteiger partial charge in [0.15, 0.2) is 0 Å². The number of ether oxygens (including phenoxy) is 1. The number of anilines is 1. The maximum absolute atomic E-state index is 14.7. The van der Waals surface area contributed by atoms with Gasteiger partial charge in [0.05, 0.1) is 23.0 Å². The number of benzene rings is 2. The van der Waals surface area contributed by atoms with E-state index >= 15 is 0 Å². The number of hydrogen-bond donors (Lipinski definition) is 1. The second kappa shape index (κ2) is 6.85. The Balaban J connectivity index is 1.62. The zero-order valence-electron chi connectivity index (χ0n) is 15.1. The summed E-state index contributed by atoms with van der Waals surface area (Å²) in [5, 5.41) is 0. The summed E-state index contributed by atoms with van der Waals surface area (Å²) < 4.78 is 46.0. The van der Waals surface area contributed by atoms with Crippen LogP contribution in [0.2, 0.25) is 0 Å². The zero-order chi connectivity index (χ0) is 19.9. The maximum Gasteiger partial charge on any atom is 0.415 e. The van der Waals surface area contributed by atoms with Gasteiger partial charge in [-0.1, -0.05) is 12.1 Å². The summed E-state index contributed by atoms with van der Waals surface area (Å²) in [5.74, 6) is -3.35. The molecule has 1 atom stereocenters. The monoisotopic (exact) mass is 389 g/mol. The van der Waals surface area contributed by atoms with Gasteiger partial charge in [-0.15, -0.1) is 0 Å². The number of aryl methyl sites for hydroxylation is 1. The number of cyclic esters (lactones) is 1. The standard InChI is InChI=1S/C20H18F3N3O2/c1-20(22,23)7-6-12-2-4-14(15(21)8-12)18-10-28-19(27)26(18)13-3-5-16-17(9-13)25-11-24-16/h2-5,8-9,11,18H,6-7,10H2,1H3,(H,24,25). The van der Waals surface area contributed by atoms with Crippen LogP contribution in [0.1, 0.15) is 30.5 Å². The van der Waals surface area contributed by atoms with E-state index in [1.165, 1.54) is 17.0 Å². The normalized spacial score (nSPS) is 17.4. The molecule has 1 amide bonds. The number of fused-ring (bicyclic) bond motifs is 1. The Labute approximate surface area is 159 Å². The van der Waals surface area contributed by atoms with Crippen molar-refractivity contribution in [1.29, 1.82) is 0 Å². The quantitative estimate of drug-likeness (QED) is 0.669. The lowest BCUT2D eigenvalue weighted by atomic mass is 10.0. The number of amides is 1. The summed E-state index contributed by atoms with van der Waals surface area (Å²) in [6, 6.07) is 8.98. The molecule has 3 aromatic rings. The molecule has 2 aromatic carbocycles. The minimum atomic E-state index is -2.80. The van der Waals surface area contributed by atoms with Crippen molar-refractivity contribution in [3.8, 4) is 0 Å². The van der Waals surface area contributed by atoms with E-state index in [1.807, 2.05) is 0 Å². The first kappa shape index (κ1) is 18.3. The highest BCUT2D eigenvalue weighted by Crippen LogP contribution is 2.35. The van der Waals surface area contributed by atoms with E-state index in [0.717, 1.165) is 12.4 Å². The average Bonchev–Trinajstić information content (AvgIpc) is 3.25. The molecule has 1 fully saturated rings. The van der Waals surface area contributed by atoms with Gasteiger partial charge in [-0.2, -0.15) is 0 Å². The Morgan fingerprint density at radius 3 is 2.86 bits per heavy atom. The molecule has 1 aliphatic rings. The maximum atomic E-state index is 14.7. The summed E-state index contributed by atoms with van der Waals surface area (Å²) in [4.78, 5) is 20.8. The predicted molar refractivity (Wildman–Crippen MR) is 98.0 cm³/mol. The number of aromatic nitrogens is 2. The van der Waals surface area contributed by atoms with Crippen LogP contribution in [0, 0.1) is 5.82 Å². The van der Waals surface area contributed by atoms with Crippen LogP contribution in [0.4, 0.5) is 23.7 Å². The van der Waals surface area contributed by atoms with Gasteiger partial charge in [0, 0.05) is 12.0 Å². The lowest BCUT2D eigenvalue weighted by Gasteiger charge is -2.22. The fraction of sp³-hybridized carbons (Fsp3) is 0.300. The molecule has 28 heavy (non-hydrogen) atoms. The van der Waals surface area contributed by atoms with E-state index in [1.54, 1.807) is 30.6 Å². The number of nitrogens with one attached hydrogen (secondary N) is 1. The van der Waals surface area contributed by atoms with Gasteiger partial charge in [-0.3, -0.25) is 4.90 Å². The van der Waals surface area contributed by atoms with E-state index in [4.69, 9.17) is 4.74 Å². The summed E-state index contributed by atoms with van der Waals surface area (Å²) >= 11 is 0. The summed E-state index contributed by atoms with van der Waals surface area (Å²) in [5.41, 5.74) is 2.79. The van der Waals surface area contributed by atoms with Crippen LogP contribution in [0.3, 0.4) is 0 Å². The molecule has 0 aliphatic carbocycles. The number of imidazole rings is 1. The third kappa shape index (κ3) is 3.54. The Morgan fingerprint density at radius 2 is 2.11 bits per heavy atom. The molecule has 146 valence electrons. The predicted octanol–water partition coefficient (Wildman–Crippen LogP) is 4.99. The molecule has 1 unspecified atom stereocenters. The number of H-pyrrole nitrogens is 1. The molecule has 0 spiro atoms. The van der Waals surface area contributed by atoms with E-state index in [0.29, 0.717) is 16.8 Å². The molecule has 8 heteroatoms. The highest BCUT2D eigenvalue weighted by Gasteiger charge is 2.37. The van der Waals surface area contributed by atoms with Crippen molar-refractivity contribution in [2.75, 3.05) is 11.5 Å². The van der Waals surface area contributed by atoms with Gasteiger partial charge in [-0.25, -0.2) is 22.9 Å². The Bertz CT molecular complexity index is 1030. The van der Waals surface area contributed by atoms with Crippen molar-refractivity contribution < 1.29 is 22.7 Å². The van der Waals surface area contributed by atoms with Crippen molar-refractivity contribution in [1.82, 2.24) is 9.97 Å². The van der Waals surface area contributed by atoms with Crippen LogP contribution in [0.15, 0.2) is 42.7 Å². The first-order valence-corrected chi connectivity index (χ1v) is 8.87. The van der Waals surface area contributed by atoms with E-state index < -0.39 is 23.9 Å². The molecule has 5 nitrogen and oxygen atoms in total. The molecule has 1 saturated heterocycles. The van der Waals surface area contributed by atoms with Crippen LogP contribution in [-0.4, -0.2) is 28.6 Å². The van der Waals surface area contributed by atoms with Gasteiger partial charge >= 0.3 is 6.09 Å². The Kier molecular flexibility index (Phi) is 4.49. The van der Waals surface area contributed by atoms with Crippen molar-refractivity contribution in [3.63, 3.8) is 0 Å². The molecule has 0 bridgehead atoms. The van der Waals surface area contributed by atoms with Crippen LogP contribution < -0.4 is 4.90 Å². The highest BCUT2D eigenvalue weighted by molar-refractivity contribution is 5.93. The van der Waals surface area contributed by atoms with Crippen molar-refractivity contribution in [2.45, 2.75) is 31.7 Å². The topological polar surface area (TPSA) is 58.2 Å². The lowest BCUT2D eigenvalue weighted by molar-refractivity contribution is 0.0133. The summed E-state index contributed by atoms with van der Waals surface area (Å²) in [7, 11) is 0. The van der Waals surface area contributed by atoms with E-state index in [9.17, 15) is 18.0 Å². The average molecular weight is 389 g/mol. The number of hydrogen-bond acceptors (Lipinski definition) is 3. The lowest BCUT2D eigenvalue weighted by Crippen LogP contribution is -2.27. The second-order valence-corrected chi connectivity index (χ2v) is 6.99. The highest BCUT2D eigenvalue weighted by atomic mass is 19.3. The molecular formula is C20H18F3N3O2. The molecule has 1 N–H and O–H groups in total.